The molecule has 10 heteroatoms. The first-order valence-corrected chi connectivity index (χ1v) is 14.5. The molecular weight excluding hydrogens is 446 g/mol. The number of hydrogen-bond acceptors (Lipinski definition) is 5. The molecule has 0 amide bonds. The maximum atomic E-state index is 13.1. The van der Waals surface area contributed by atoms with E-state index < -0.39 is 20.0 Å². The molecule has 0 aliphatic carbocycles. The zero-order chi connectivity index (χ0) is 21.5. The van der Waals surface area contributed by atoms with Gasteiger partial charge in [-0.05, 0) is 61.3 Å². The van der Waals surface area contributed by atoms with Crippen molar-refractivity contribution < 1.29 is 16.8 Å². The Bertz CT molecular complexity index is 999. The van der Waals surface area contributed by atoms with Crippen LogP contribution in [0, 0.1) is 5.92 Å². The SMILES string of the molecule is CS(=O)(=O)NCCCS(=O)(=O)N1CCC[C@H]2CN3CCc4cc(Cl)ccc4[C@@H]3C[C@H]21. The van der Waals surface area contributed by atoms with E-state index in [1.807, 2.05) is 12.1 Å². The van der Waals surface area contributed by atoms with E-state index in [0.29, 0.717) is 12.5 Å². The number of rotatable bonds is 6. The van der Waals surface area contributed by atoms with Crippen LogP contribution in [0.1, 0.15) is 42.9 Å². The summed E-state index contributed by atoms with van der Waals surface area (Å²) in [5, 5.41) is 0.750. The average Bonchev–Trinajstić information content (AvgIpc) is 2.68. The minimum Gasteiger partial charge on any atom is -0.296 e. The molecular formula is C20H30ClN3O4S2. The van der Waals surface area contributed by atoms with Gasteiger partial charge in [0.2, 0.25) is 20.0 Å². The number of nitrogens with zero attached hydrogens (tertiary/aromatic N) is 2. The van der Waals surface area contributed by atoms with Crippen LogP contribution in [-0.4, -0.2) is 70.3 Å². The number of nitrogens with one attached hydrogen (secondary N) is 1. The second kappa shape index (κ2) is 8.67. The Kier molecular flexibility index (Phi) is 6.50. The topological polar surface area (TPSA) is 86.8 Å². The summed E-state index contributed by atoms with van der Waals surface area (Å²) in [4.78, 5) is 2.52. The van der Waals surface area contributed by atoms with E-state index in [-0.39, 0.29) is 30.8 Å². The van der Waals surface area contributed by atoms with Gasteiger partial charge in [0.15, 0.2) is 0 Å². The van der Waals surface area contributed by atoms with Crippen LogP contribution in [0.2, 0.25) is 5.02 Å². The lowest BCUT2D eigenvalue weighted by molar-refractivity contribution is 0.0220. The van der Waals surface area contributed by atoms with Gasteiger partial charge in [0, 0.05) is 43.3 Å². The van der Waals surface area contributed by atoms with Crippen LogP contribution in [0.5, 0.6) is 0 Å². The fraction of sp³-hybridized carbons (Fsp3) is 0.700. The predicted molar refractivity (Wildman–Crippen MR) is 119 cm³/mol. The van der Waals surface area contributed by atoms with Gasteiger partial charge >= 0.3 is 0 Å². The molecule has 3 atom stereocenters. The zero-order valence-corrected chi connectivity index (χ0v) is 19.6. The van der Waals surface area contributed by atoms with E-state index >= 15 is 0 Å². The Labute approximate surface area is 184 Å². The van der Waals surface area contributed by atoms with Gasteiger partial charge in [0.25, 0.3) is 0 Å². The van der Waals surface area contributed by atoms with Crippen molar-refractivity contribution in [1.82, 2.24) is 13.9 Å². The van der Waals surface area contributed by atoms with Crippen molar-refractivity contribution >= 4 is 31.6 Å². The third-order valence-corrected chi connectivity index (χ3v) is 9.61. The van der Waals surface area contributed by atoms with Crippen molar-refractivity contribution in [2.75, 3.05) is 38.2 Å². The van der Waals surface area contributed by atoms with Crippen LogP contribution >= 0.6 is 11.6 Å². The van der Waals surface area contributed by atoms with Gasteiger partial charge in [-0.1, -0.05) is 17.7 Å². The predicted octanol–water partition coefficient (Wildman–Crippen LogP) is 1.99. The number of sulfonamides is 2. The molecule has 0 spiro atoms. The molecule has 3 aliphatic heterocycles. The highest BCUT2D eigenvalue weighted by Gasteiger charge is 2.45. The normalized spacial score (nSPS) is 27.9. The first-order valence-electron chi connectivity index (χ1n) is 10.6. The molecule has 2 fully saturated rings. The third kappa shape index (κ3) is 4.86. The lowest BCUT2D eigenvalue weighted by atomic mass is 9.77. The molecule has 2 saturated heterocycles. The Morgan fingerprint density at radius 3 is 2.77 bits per heavy atom. The highest BCUT2D eigenvalue weighted by atomic mass is 35.5. The molecule has 0 bridgehead atoms. The Morgan fingerprint density at radius 1 is 1.20 bits per heavy atom. The Hall–Kier alpha value is -0.710. The van der Waals surface area contributed by atoms with Crippen LogP contribution < -0.4 is 4.72 Å². The van der Waals surface area contributed by atoms with Gasteiger partial charge < -0.3 is 0 Å². The maximum Gasteiger partial charge on any atom is 0.214 e. The molecule has 7 nitrogen and oxygen atoms in total. The van der Waals surface area contributed by atoms with Crippen LogP contribution in [0.25, 0.3) is 0 Å². The van der Waals surface area contributed by atoms with Crippen molar-refractivity contribution in [2.24, 2.45) is 5.92 Å². The van der Waals surface area contributed by atoms with Gasteiger partial charge in [-0.25, -0.2) is 21.6 Å². The minimum atomic E-state index is -3.43. The Morgan fingerprint density at radius 2 is 2.00 bits per heavy atom. The second-order valence-corrected chi connectivity index (χ2v) is 13.1. The summed E-state index contributed by atoms with van der Waals surface area (Å²) in [6.45, 7) is 2.62. The average molecular weight is 476 g/mol. The van der Waals surface area contributed by atoms with E-state index in [9.17, 15) is 16.8 Å². The Balaban J connectivity index is 1.49. The van der Waals surface area contributed by atoms with Crippen molar-refractivity contribution in [3.63, 3.8) is 0 Å². The fourth-order valence-corrected chi connectivity index (χ4v) is 7.89. The van der Waals surface area contributed by atoms with Gasteiger partial charge in [-0.15, -0.1) is 0 Å². The largest absolute Gasteiger partial charge is 0.296 e. The summed E-state index contributed by atoms with van der Waals surface area (Å²) in [6, 6.07) is 6.32. The summed E-state index contributed by atoms with van der Waals surface area (Å²) in [7, 11) is -6.74. The van der Waals surface area contributed by atoms with Crippen molar-refractivity contribution in [3.8, 4) is 0 Å². The van der Waals surface area contributed by atoms with Gasteiger partial charge in [-0.3, -0.25) is 4.90 Å². The molecule has 0 aromatic heterocycles. The van der Waals surface area contributed by atoms with Crippen LogP contribution in [0.4, 0.5) is 0 Å². The molecule has 0 unspecified atom stereocenters. The lowest BCUT2D eigenvalue weighted by Gasteiger charge is -2.51. The molecule has 0 radical (unpaired) electrons. The van der Waals surface area contributed by atoms with E-state index in [4.69, 9.17) is 11.6 Å². The van der Waals surface area contributed by atoms with Gasteiger partial charge in [0.1, 0.15) is 0 Å². The van der Waals surface area contributed by atoms with Crippen LogP contribution in [0.3, 0.4) is 0 Å². The minimum absolute atomic E-state index is 0.00879. The molecule has 0 saturated carbocycles. The van der Waals surface area contributed by atoms with Gasteiger partial charge in [-0.2, -0.15) is 4.31 Å². The zero-order valence-electron chi connectivity index (χ0n) is 17.3. The summed E-state index contributed by atoms with van der Waals surface area (Å²) in [5.74, 6) is 0.326. The molecule has 3 heterocycles. The summed E-state index contributed by atoms with van der Waals surface area (Å²) >= 11 is 6.19. The third-order valence-electron chi connectivity index (χ3n) is 6.68. The number of benzene rings is 1. The standard InChI is InChI=1S/C20H30ClN3O4S2/c1-29(25,26)22-8-3-11-30(27,28)24-9-2-4-16-14-23-10-7-15-12-17(21)5-6-18(15)20(23)13-19(16)24/h5-6,12,16,19-20,22H,2-4,7-11,13-14H2,1H3/t16-,19+,20-/m0/s1. The highest BCUT2D eigenvalue weighted by molar-refractivity contribution is 7.89. The molecule has 168 valence electrons. The van der Waals surface area contributed by atoms with E-state index in [0.717, 1.165) is 50.1 Å². The van der Waals surface area contributed by atoms with Crippen LogP contribution in [0.15, 0.2) is 18.2 Å². The summed E-state index contributed by atoms with van der Waals surface area (Å²) in [5.41, 5.74) is 2.56. The smallest absolute Gasteiger partial charge is 0.214 e. The van der Waals surface area contributed by atoms with E-state index in [2.05, 4.69) is 15.7 Å². The quantitative estimate of drug-likeness (QED) is 0.636. The monoisotopic (exact) mass is 475 g/mol. The molecule has 4 rings (SSSR count). The number of fused-ring (bicyclic) bond motifs is 4. The molecule has 30 heavy (non-hydrogen) atoms. The first kappa shape index (κ1) is 22.5. The van der Waals surface area contributed by atoms with Crippen LogP contribution in [-0.2, 0) is 26.5 Å². The number of piperidine rings is 2. The van der Waals surface area contributed by atoms with E-state index in [1.165, 1.54) is 11.1 Å². The fourth-order valence-electron chi connectivity index (χ4n) is 5.36. The highest BCUT2D eigenvalue weighted by Crippen LogP contribution is 2.44. The van der Waals surface area contributed by atoms with Crippen molar-refractivity contribution in [3.05, 3.63) is 34.3 Å². The number of hydrogen-bond donors (Lipinski definition) is 1. The lowest BCUT2D eigenvalue weighted by Crippen LogP contribution is -2.57. The summed E-state index contributed by atoms with van der Waals surface area (Å²) < 4.78 is 52.8. The van der Waals surface area contributed by atoms with Crippen molar-refractivity contribution in [2.45, 2.75) is 44.2 Å². The molecule has 1 N–H and O–H groups in total. The second-order valence-electron chi connectivity index (χ2n) is 8.76. The van der Waals surface area contributed by atoms with Crippen molar-refractivity contribution in [1.29, 1.82) is 0 Å². The molecule has 1 aromatic carbocycles. The van der Waals surface area contributed by atoms with Gasteiger partial charge in [0.05, 0.1) is 12.0 Å². The molecule has 3 aliphatic rings. The van der Waals surface area contributed by atoms with E-state index in [1.54, 1.807) is 4.31 Å². The summed E-state index contributed by atoms with van der Waals surface area (Å²) in [6.07, 6.45) is 5.09. The molecule has 1 aromatic rings. The number of halogens is 1. The maximum absolute atomic E-state index is 13.1. The first-order chi connectivity index (χ1) is 14.1.